The van der Waals surface area contributed by atoms with E-state index >= 15 is 0 Å². The molecule has 7 heteroatoms. The highest BCUT2D eigenvalue weighted by Gasteiger charge is 2.16. The lowest BCUT2D eigenvalue weighted by Crippen LogP contribution is -2.11. The first-order chi connectivity index (χ1) is 8.45. The number of carbonyl (C=O) groups is 2. The normalized spacial score (nSPS) is 9.89. The molecular weight excluding hydrogens is 308 g/mol. The summed E-state index contributed by atoms with van der Waals surface area (Å²) in [7, 11) is 0. The summed E-state index contributed by atoms with van der Waals surface area (Å²) in [5.41, 5.74) is 0.0213. The number of carboxylic acid groups (broad SMARTS) is 2. The van der Waals surface area contributed by atoms with Crippen LogP contribution in [0.5, 0.6) is 11.5 Å². The molecular formula is C11H11BrO6. The Bertz CT molecular complexity index is 471. The minimum atomic E-state index is -1.13. The minimum absolute atomic E-state index is 0.0213. The maximum absolute atomic E-state index is 10.9. The molecule has 18 heavy (non-hydrogen) atoms. The second-order valence-electron chi connectivity index (χ2n) is 3.21. The van der Waals surface area contributed by atoms with Gasteiger partial charge in [0, 0.05) is 0 Å². The third-order valence-corrected chi connectivity index (χ3v) is 2.49. The summed E-state index contributed by atoms with van der Waals surface area (Å²) in [6.07, 6.45) is 0. The number of benzene rings is 1. The van der Waals surface area contributed by atoms with Crippen LogP contribution < -0.4 is 9.47 Å². The monoisotopic (exact) mass is 318 g/mol. The maximum Gasteiger partial charge on any atom is 0.341 e. The summed E-state index contributed by atoms with van der Waals surface area (Å²) in [4.78, 5) is 21.3. The van der Waals surface area contributed by atoms with Gasteiger partial charge >= 0.3 is 11.9 Å². The van der Waals surface area contributed by atoms with Gasteiger partial charge in [-0.25, -0.2) is 9.59 Å². The molecule has 0 atom stereocenters. The first kappa shape index (κ1) is 14.3. The first-order valence-corrected chi connectivity index (χ1v) is 5.79. The van der Waals surface area contributed by atoms with Crippen LogP contribution in [0.2, 0.25) is 0 Å². The Morgan fingerprint density at radius 1 is 1.28 bits per heavy atom. The summed E-state index contributed by atoms with van der Waals surface area (Å²) in [5.74, 6) is -1.89. The molecule has 6 nitrogen and oxygen atoms in total. The lowest BCUT2D eigenvalue weighted by Gasteiger charge is -2.13. The first-order valence-electron chi connectivity index (χ1n) is 5.00. The second kappa shape index (κ2) is 6.25. The largest absolute Gasteiger partial charge is 0.490 e. The Labute approximate surface area is 111 Å². The average molecular weight is 319 g/mol. The predicted octanol–water partition coefficient (Wildman–Crippen LogP) is 2.01. The van der Waals surface area contributed by atoms with E-state index in [0.717, 1.165) is 0 Å². The summed E-state index contributed by atoms with van der Waals surface area (Å²) in [6, 6.07) is 2.61. The van der Waals surface area contributed by atoms with Crippen LogP contribution in [0, 0.1) is 0 Å². The van der Waals surface area contributed by atoms with E-state index in [4.69, 9.17) is 19.7 Å². The molecule has 2 N–H and O–H groups in total. The third-order valence-electron chi connectivity index (χ3n) is 1.90. The topological polar surface area (TPSA) is 93.1 Å². The number of hydrogen-bond donors (Lipinski definition) is 2. The van der Waals surface area contributed by atoms with Gasteiger partial charge in [0.2, 0.25) is 0 Å². The Hall–Kier alpha value is -1.76. The molecule has 0 unspecified atom stereocenters. The molecule has 1 rings (SSSR count). The molecule has 0 aliphatic carbocycles. The van der Waals surface area contributed by atoms with Crippen molar-refractivity contribution in [3.63, 3.8) is 0 Å². The molecule has 0 saturated carbocycles. The van der Waals surface area contributed by atoms with Crippen LogP contribution in [0.4, 0.5) is 0 Å². The standard InChI is InChI=1S/C11H11BrO6/c1-2-17-8-4-6(11(15)16)3-7(12)10(8)18-5-9(13)14/h3-4H,2,5H2,1H3,(H,13,14)(H,15,16). The van der Waals surface area contributed by atoms with Crippen LogP contribution in [0.3, 0.4) is 0 Å². The molecule has 0 bridgehead atoms. The molecule has 0 spiro atoms. The van der Waals surface area contributed by atoms with Gasteiger partial charge in [0.15, 0.2) is 18.1 Å². The number of hydrogen-bond acceptors (Lipinski definition) is 4. The molecule has 0 heterocycles. The molecule has 0 saturated heterocycles. The van der Waals surface area contributed by atoms with E-state index < -0.39 is 18.5 Å². The number of carboxylic acids is 2. The van der Waals surface area contributed by atoms with Crippen molar-refractivity contribution in [1.29, 1.82) is 0 Å². The average Bonchev–Trinajstić information content (AvgIpc) is 2.27. The van der Waals surface area contributed by atoms with Crippen molar-refractivity contribution in [3.8, 4) is 11.5 Å². The highest BCUT2D eigenvalue weighted by molar-refractivity contribution is 9.10. The quantitative estimate of drug-likeness (QED) is 0.833. The van der Waals surface area contributed by atoms with Crippen molar-refractivity contribution < 1.29 is 29.3 Å². The third kappa shape index (κ3) is 3.63. The van der Waals surface area contributed by atoms with Crippen molar-refractivity contribution >= 4 is 27.9 Å². The molecule has 0 aromatic heterocycles. The van der Waals surface area contributed by atoms with E-state index in [9.17, 15) is 9.59 Å². The highest BCUT2D eigenvalue weighted by atomic mass is 79.9. The van der Waals surface area contributed by atoms with Gasteiger partial charge in [-0.05, 0) is 35.0 Å². The maximum atomic E-state index is 10.9. The zero-order valence-electron chi connectivity index (χ0n) is 9.47. The van der Waals surface area contributed by atoms with Gasteiger partial charge in [-0.3, -0.25) is 0 Å². The van der Waals surface area contributed by atoms with Crippen LogP contribution >= 0.6 is 15.9 Å². The number of aliphatic carboxylic acids is 1. The van der Waals surface area contributed by atoms with Gasteiger partial charge in [-0.2, -0.15) is 0 Å². The molecule has 0 aliphatic rings. The molecule has 0 radical (unpaired) electrons. The molecule has 98 valence electrons. The van der Waals surface area contributed by atoms with Crippen molar-refractivity contribution in [2.24, 2.45) is 0 Å². The second-order valence-corrected chi connectivity index (χ2v) is 4.06. The zero-order valence-corrected chi connectivity index (χ0v) is 11.1. The van der Waals surface area contributed by atoms with Gasteiger partial charge in [-0.1, -0.05) is 0 Å². The number of aromatic carboxylic acids is 1. The highest BCUT2D eigenvalue weighted by Crippen LogP contribution is 2.36. The van der Waals surface area contributed by atoms with E-state index in [1.807, 2.05) is 0 Å². The number of rotatable bonds is 6. The van der Waals surface area contributed by atoms with Crippen molar-refractivity contribution in [3.05, 3.63) is 22.2 Å². The molecule has 1 aromatic carbocycles. The fraction of sp³-hybridized carbons (Fsp3) is 0.273. The van der Waals surface area contributed by atoms with Crippen LogP contribution in [-0.4, -0.2) is 35.4 Å². The minimum Gasteiger partial charge on any atom is -0.490 e. The molecule has 0 fully saturated rings. The van der Waals surface area contributed by atoms with Gasteiger partial charge in [-0.15, -0.1) is 0 Å². The molecule has 0 aliphatic heterocycles. The molecule has 0 amide bonds. The van der Waals surface area contributed by atoms with Gasteiger partial charge < -0.3 is 19.7 Å². The van der Waals surface area contributed by atoms with Crippen LogP contribution in [0.1, 0.15) is 17.3 Å². The van der Waals surface area contributed by atoms with E-state index in [2.05, 4.69) is 15.9 Å². The summed E-state index contributed by atoms with van der Waals surface area (Å²) < 4.78 is 10.6. The van der Waals surface area contributed by atoms with Crippen LogP contribution in [0.25, 0.3) is 0 Å². The Morgan fingerprint density at radius 3 is 2.44 bits per heavy atom. The predicted molar refractivity (Wildman–Crippen MR) is 65.4 cm³/mol. The van der Waals surface area contributed by atoms with Crippen LogP contribution in [0.15, 0.2) is 16.6 Å². The van der Waals surface area contributed by atoms with E-state index in [-0.39, 0.29) is 17.1 Å². The summed E-state index contributed by atoms with van der Waals surface area (Å²) >= 11 is 3.13. The Balaban J connectivity index is 3.13. The number of ether oxygens (including phenoxy) is 2. The fourth-order valence-electron chi connectivity index (χ4n) is 1.23. The summed E-state index contributed by atoms with van der Waals surface area (Å²) in [6.45, 7) is 1.49. The lowest BCUT2D eigenvalue weighted by molar-refractivity contribution is -0.139. The van der Waals surface area contributed by atoms with Crippen molar-refractivity contribution in [2.45, 2.75) is 6.92 Å². The lowest BCUT2D eigenvalue weighted by atomic mass is 10.2. The van der Waals surface area contributed by atoms with Crippen molar-refractivity contribution in [2.75, 3.05) is 13.2 Å². The zero-order chi connectivity index (χ0) is 13.7. The van der Waals surface area contributed by atoms with Crippen molar-refractivity contribution in [1.82, 2.24) is 0 Å². The van der Waals surface area contributed by atoms with Gasteiger partial charge in [0.05, 0.1) is 16.6 Å². The van der Waals surface area contributed by atoms with Gasteiger partial charge in [0.25, 0.3) is 0 Å². The smallest absolute Gasteiger partial charge is 0.341 e. The van der Waals surface area contributed by atoms with Crippen LogP contribution in [-0.2, 0) is 4.79 Å². The van der Waals surface area contributed by atoms with E-state index in [1.165, 1.54) is 12.1 Å². The SMILES string of the molecule is CCOc1cc(C(=O)O)cc(Br)c1OCC(=O)O. The van der Waals surface area contributed by atoms with Gasteiger partial charge in [0.1, 0.15) is 0 Å². The fourth-order valence-corrected chi connectivity index (χ4v) is 1.78. The Kier molecular flexibility index (Phi) is 4.96. The molecule has 1 aromatic rings. The Morgan fingerprint density at radius 2 is 1.94 bits per heavy atom. The summed E-state index contributed by atoms with van der Waals surface area (Å²) in [5, 5.41) is 17.5. The van der Waals surface area contributed by atoms with E-state index in [0.29, 0.717) is 11.1 Å². The van der Waals surface area contributed by atoms with E-state index in [1.54, 1.807) is 6.92 Å². The number of halogens is 1.